The Kier molecular flexibility index (Phi) is 4.99. The highest BCUT2D eigenvalue weighted by molar-refractivity contribution is 7.15. The second-order valence-corrected chi connectivity index (χ2v) is 7.15. The number of hydrogen-bond donors (Lipinski definition) is 0. The van der Waals surface area contributed by atoms with E-state index >= 15 is 0 Å². The molecule has 0 aliphatic rings. The summed E-state index contributed by atoms with van der Waals surface area (Å²) < 4.78 is 7.11. The molecule has 7 heteroatoms. The Morgan fingerprint density at radius 1 is 1.07 bits per heavy atom. The first kappa shape index (κ1) is 18.1. The molecule has 4 aromatic rings. The van der Waals surface area contributed by atoms with Crippen LogP contribution >= 0.6 is 11.3 Å². The van der Waals surface area contributed by atoms with Crippen LogP contribution in [-0.2, 0) is 6.42 Å². The van der Waals surface area contributed by atoms with Gasteiger partial charge in [-0.05, 0) is 36.3 Å². The van der Waals surface area contributed by atoms with Crippen molar-refractivity contribution in [3.05, 3.63) is 96.7 Å². The second-order valence-electron chi connectivity index (χ2n) is 6.14. The lowest BCUT2D eigenvalue weighted by Gasteiger charge is -2.01. The van der Waals surface area contributed by atoms with E-state index in [0.29, 0.717) is 22.5 Å². The molecule has 140 valence electrons. The van der Waals surface area contributed by atoms with E-state index in [0.717, 1.165) is 28.2 Å². The highest BCUT2D eigenvalue weighted by atomic mass is 32.1. The van der Waals surface area contributed by atoms with Crippen LogP contribution in [0.15, 0.2) is 64.2 Å². The van der Waals surface area contributed by atoms with Gasteiger partial charge in [0.25, 0.3) is 11.1 Å². The van der Waals surface area contributed by atoms with Gasteiger partial charge in [-0.3, -0.25) is 9.59 Å². The zero-order chi connectivity index (χ0) is 19.5. The van der Waals surface area contributed by atoms with Gasteiger partial charge in [-0.2, -0.15) is 14.6 Å². The first-order chi connectivity index (χ1) is 13.6. The molecule has 2 heterocycles. The Labute approximate surface area is 164 Å². The maximum absolute atomic E-state index is 12.7. The predicted molar refractivity (Wildman–Crippen MR) is 109 cm³/mol. The van der Waals surface area contributed by atoms with Crippen molar-refractivity contribution in [3.63, 3.8) is 0 Å². The first-order valence-corrected chi connectivity index (χ1v) is 9.67. The van der Waals surface area contributed by atoms with E-state index in [9.17, 15) is 9.59 Å². The summed E-state index contributed by atoms with van der Waals surface area (Å²) in [5.41, 5.74) is 1.37. The minimum atomic E-state index is -0.405. The normalized spacial score (nSPS) is 11.8. The number of hydrogen-bond acceptors (Lipinski definition) is 6. The summed E-state index contributed by atoms with van der Waals surface area (Å²) in [4.78, 5) is 29.4. The van der Waals surface area contributed by atoms with E-state index in [1.54, 1.807) is 6.08 Å². The van der Waals surface area contributed by atoms with Gasteiger partial charge < -0.3 is 4.74 Å². The van der Waals surface area contributed by atoms with Gasteiger partial charge in [-0.1, -0.05) is 53.8 Å². The highest BCUT2D eigenvalue weighted by Crippen LogP contribution is 2.12. The molecule has 0 bridgehead atoms. The Hall–Kier alpha value is -3.32. The number of aromatic nitrogens is 3. The van der Waals surface area contributed by atoms with Gasteiger partial charge >= 0.3 is 0 Å². The third-order valence-corrected chi connectivity index (χ3v) is 5.11. The molecule has 2 aromatic heterocycles. The lowest BCUT2D eigenvalue weighted by atomic mass is 10.1. The van der Waals surface area contributed by atoms with Crippen LogP contribution in [0.1, 0.15) is 23.7 Å². The molecule has 0 unspecified atom stereocenters. The zero-order valence-electron chi connectivity index (χ0n) is 15.2. The standard InChI is InChI=1S/C21H17N3O3S/c1-2-27-16-10-8-15(9-11-16)13-18-20(26)24-21(28-18)22-19(25)17(23-24)12-14-6-4-3-5-7-14/h3-11,13H,2,12H2,1H3. The van der Waals surface area contributed by atoms with Gasteiger partial charge in [0.2, 0.25) is 4.96 Å². The van der Waals surface area contributed by atoms with E-state index in [-0.39, 0.29) is 11.3 Å². The molecule has 0 aliphatic heterocycles. The smallest absolute Gasteiger partial charge is 0.296 e. The highest BCUT2D eigenvalue weighted by Gasteiger charge is 2.11. The topological polar surface area (TPSA) is 73.6 Å². The molecule has 0 N–H and O–H groups in total. The van der Waals surface area contributed by atoms with Crippen LogP contribution in [0.4, 0.5) is 0 Å². The number of ether oxygens (including phenoxy) is 1. The second kappa shape index (κ2) is 7.74. The Balaban J connectivity index is 1.74. The molecule has 0 spiro atoms. The van der Waals surface area contributed by atoms with Gasteiger partial charge in [0, 0.05) is 6.42 Å². The molecule has 28 heavy (non-hydrogen) atoms. The lowest BCUT2D eigenvalue weighted by molar-refractivity contribution is 0.340. The molecule has 0 amide bonds. The average molecular weight is 391 g/mol. The van der Waals surface area contributed by atoms with E-state index in [1.165, 1.54) is 4.52 Å². The fourth-order valence-electron chi connectivity index (χ4n) is 2.82. The van der Waals surface area contributed by atoms with E-state index in [2.05, 4.69) is 10.1 Å². The Morgan fingerprint density at radius 2 is 1.82 bits per heavy atom. The number of nitrogens with zero attached hydrogens (tertiary/aromatic N) is 3. The van der Waals surface area contributed by atoms with Gasteiger partial charge in [-0.15, -0.1) is 0 Å². The van der Waals surface area contributed by atoms with Crippen molar-refractivity contribution in [3.8, 4) is 5.75 Å². The molecular formula is C21H17N3O3S. The minimum absolute atomic E-state index is 0.256. The minimum Gasteiger partial charge on any atom is -0.494 e. The van der Waals surface area contributed by atoms with Crippen molar-refractivity contribution < 1.29 is 4.74 Å². The van der Waals surface area contributed by atoms with Crippen LogP contribution in [0.25, 0.3) is 11.0 Å². The summed E-state index contributed by atoms with van der Waals surface area (Å²) in [5.74, 6) is 0.776. The van der Waals surface area contributed by atoms with E-state index < -0.39 is 5.56 Å². The van der Waals surface area contributed by atoms with Gasteiger partial charge in [-0.25, -0.2) is 0 Å². The summed E-state index contributed by atoms with van der Waals surface area (Å²) in [7, 11) is 0. The van der Waals surface area contributed by atoms with Gasteiger partial charge in [0.05, 0.1) is 11.1 Å². The molecule has 0 atom stereocenters. The van der Waals surface area contributed by atoms with Crippen LogP contribution < -0.4 is 20.4 Å². The van der Waals surface area contributed by atoms with Crippen molar-refractivity contribution in [2.45, 2.75) is 13.3 Å². The first-order valence-electron chi connectivity index (χ1n) is 8.85. The number of rotatable bonds is 5. The molecular weight excluding hydrogens is 374 g/mol. The van der Waals surface area contributed by atoms with Crippen molar-refractivity contribution in [1.82, 2.24) is 14.6 Å². The quantitative estimate of drug-likeness (QED) is 0.521. The maximum Gasteiger partial charge on any atom is 0.296 e. The molecule has 0 aliphatic carbocycles. The van der Waals surface area contributed by atoms with Crippen molar-refractivity contribution in [2.75, 3.05) is 6.61 Å². The van der Waals surface area contributed by atoms with Crippen molar-refractivity contribution >= 4 is 22.4 Å². The fraction of sp³-hybridized carbons (Fsp3) is 0.143. The third-order valence-electron chi connectivity index (χ3n) is 4.15. The van der Waals surface area contributed by atoms with Crippen molar-refractivity contribution in [2.24, 2.45) is 0 Å². The summed E-state index contributed by atoms with van der Waals surface area (Å²) in [5, 5.41) is 4.27. The summed E-state index contributed by atoms with van der Waals surface area (Å²) in [6.07, 6.45) is 2.10. The van der Waals surface area contributed by atoms with Crippen LogP contribution in [0.3, 0.4) is 0 Å². The summed E-state index contributed by atoms with van der Waals surface area (Å²) in [6.45, 7) is 2.52. The third kappa shape index (κ3) is 3.70. The SMILES string of the molecule is CCOc1ccc(C=c2sc3nc(=O)c(Cc4ccccc4)nn3c2=O)cc1. The van der Waals surface area contributed by atoms with Gasteiger partial charge in [0.15, 0.2) is 0 Å². The van der Waals surface area contributed by atoms with Crippen LogP contribution in [-0.4, -0.2) is 21.2 Å². The molecule has 4 rings (SSSR count). The Morgan fingerprint density at radius 3 is 2.54 bits per heavy atom. The molecule has 0 radical (unpaired) electrons. The van der Waals surface area contributed by atoms with Crippen molar-refractivity contribution in [1.29, 1.82) is 0 Å². The van der Waals surface area contributed by atoms with Crippen LogP contribution in [0, 0.1) is 0 Å². The zero-order valence-corrected chi connectivity index (χ0v) is 16.0. The molecule has 0 saturated carbocycles. The lowest BCUT2D eigenvalue weighted by Crippen LogP contribution is -2.28. The molecule has 6 nitrogen and oxygen atoms in total. The number of thiazole rings is 1. The molecule has 2 aromatic carbocycles. The summed E-state index contributed by atoms with van der Waals surface area (Å²) >= 11 is 1.15. The fourth-order valence-corrected chi connectivity index (χ4v) is 3.72. The van der Waals surface area contributed by atoms with E-state index in [1.807, 2.05) is 61.5 Å². The van der Waals surface area contributed by atoms with Gasteiger partial charge in [0.1, 0.15) is 11.4 Å². The largest absolute Gasteiger partial charge is 0.494 e. The predicted octanol–water partition coefficient (Wildman–Crippen LogP) is 2.05. The van der Waals surface area contributed by atoms with Crippen LogP contribution in [0.2, 0.25) is 0 Å². The number of benzene rings is 2. The van der Waals surface area contributed by atoms with Crippen LogP contribution in [0.5, 0.6) is 5.75 Å². The van der Waals surface area contributed by atoms with E-state index in [4.69, 9.17) is 4.74 Å². The molecule has 0 saturated heterocycles. The maximum atomic E-state index is 12.7. The summed E-state index contributed by atoms with van der Waals surface area (Å²) in [6, 6.07) is 17.0. The average Bonchev–Trinajstić information content (AvgIpc) is 2.99. The Bertz CT molecular complexity index is 1280. The molecule has 0 fully saturated rings. The monoisotopic (exact) mass is 391 g/mol. The number of fused-ring (bicyclic) bond motifs is 1.